The molecule has 3 N–H and O–H groups in total. The predicted molar refractivity (Wildman–Crippen MR) is 61.7 cm³/mol. The number of carboxylic acid groups (broad SMARTS) is 1. The van der Waals surface area contributed by atoms with E-state index in [1.807, 2.05) is 0 Å². The molecule has 1 aliphatic heterocycles. The number of carboxylic acids is 1. The predicted octanol–water partition coefficient (Wildman–Crippen LogP) is 0.433. The summed E-state index contributed by atoms with van der Waals surface area (Å²) in [6.07, 6.45) is 1.05. The van der Waals surface area contributed by atoms with Gasteiger partial charge in [0, 0.05) is 32.0 Å². The van der Waals surface area contributed by atoms with Crippen LogP contribution in [0.25, 0.3) is 0 Å². The molecule has 1 fully saturated rings. The fourth-order valence-electron chi connectivity index (χ4n) is 1.68. The lowest BCUT2D eigenvalue weighted by Crippen LogP contribution is -2.40. The summed E-state index contributed by atoms with van der Waals surface area (Å²) in [5.74, 6) is -0.506. The first-order valence-corrected chi connectivity index (χ1v) is 5.89. The fourth-order valence-corrected chi connectivity index (χ4v) is 1.68. The van der Waals surface area contributed by atoms with Crippen LogP contribution in [0.4, 0.5) is 4.79 Å². The van der Waals surface area contributed by atoms with E-state index in [-0.39, 0.29) is 18.4 Å². The van der Waals surface area contributed by atoms with E-state index in [0.717, 1.165) is 13.0 Å². The number of hydrogen-bond donors (Lipinski definition) is 3. The second-order valence-electron chi connectivity index (χ2n) is 4.52. The van der Waals surface area contributed by atoms with Crippen LogP contribution in [0, 0.1) is 11.8 Å². The molecule has 98 valence electrons. The zero-order valence-corrected chi connectivity index (χ0v) is 10.1. The zero-order chi connectivity index (χ0) is 12.7. The van der Waals surface area contributed by atoms with E-state index >= 15 is 0 Å². The van der Waals surface area contributed by atoms with Crippen molar-refractivity contribution in [3.63, 3.8) is 0 Å². The molecule has 1 saturated heterocycles. The van der Waals surface area contributed by atoms with Crippen LogP contribution in [0.2, 0.25) is 0 Å². The molecule has 0 aromatic rings. The molecule has 2 atom stereocenters. The second-order valence-corrected chi connectivity index (χ2v) is 4.52. The SMILES string of the molecule is CC(CNC(=O)NCC1CCOC1)CC(=O)O. The maximum atomic E-state index is 11.4. The minimum Gasteiger partial charge on any atom is -0.481 e. The first-order chi connectivity index (χ1) is 8.08. The first-order valence-electron chi connectivity index (χ1n) is 5.89. The normalized spacial score (nSPS) is 20.9. The summed E-state index contributed by atoms with van der Waals surface area (Å²) in [5, 5.41) is 14.0. The maximum absolute atomic E-state index is 11.4. The average Bonchev–Trinajstić information content (AvgIpc) is 2.75. The summed E-state index contributed by atoms with van der Waals surface area (Å²) < 4.78 is 5.19. The second kappa shape index (κ2) is 7.11. The summed E-state index contributed by atoms with van der Waals surface area (Å²) in [6.45, 7) is 4.25. The Morgan fingerprint density at radius 1 is 1.47 bits per heavy atom. The van der Waals surface area contributed by atoms with Gasteiger partial charge >= 0.3 is 12.0 Å². The Balaban J connectivity index is 2.05. The van der Waals surface area contributed by atoms with Gasteiger partial charge in [0.2, 0.25) is 0 Å². The first kappa shape index (κ1) is 13.8. The molecule has 0 saturated carbocycles. The van der Waals surface area contributed by atoms with Gasteiger partial charge in [-0.2, -0.15) is 0 Å². The molecule has 0 aliphatic carbocycles. The minimum atomic E-state index is -0.845. The summed E-state index contributed by atoms with van der Waals surface area (Å²) in [5.41, 5.74) is 0. The third kappa shape index (κ3) is 6.11. The van der Waals surface area contributed by atoms with E-state index in [1.165, 1.54) is 0 Å². The van der Waals surface area contributed by atoms with Crippen LogP contribution in [-0.2, 0) is 9.53 Å². The fraction of sp³-hybridized carbons (Fsp3) is 0.818. The van der Waals surface area contributed by atoms with Crippen molar-refractivity contribution in [2.45, 2.75) is 19.8 Å². The highest BCUT2D eigenvalue weighted by Gasteiger charge is 2.16. The van der Waals surface area contributed by atoms with Gasteiger partial charge in [-0.05, 0) is 12.3 Å². The standard InChI is InChI=1S/C11H20N2O4/c1-8(4-10(14)15)5-12-11(16)13-6-9-2-3-17-7-9/h8-9H,2-7H2,1H3,(H,14,15)(H2,12,13,16). The van der Waals surface area contributed by atoms with E-state index in [9.17, 15) is 9.59 Å². The van der Waals surface area contributed by atoms with Gasteiger partial charge in [0.15, 0.2) is 0 Å². The van der Waals surface area contributed by atoms with Crippen molar-refractivity contribution in [2.24, 2.45) is 11.8 Å². The molecule has 1 rings (SSSR count). The molecule has 1 heterocycles. The summed E-state index contributed by atoms with van der Waals surface area (Å²) >= 11 is 0. The molecule has 0 radical (unpaired) electrons. The summed E-state index contributed by atoms with van der Waals surface area (Å²) in [4.78, 5) is 21.8. The topological polar surface area (TPSA) is 87.7 Å². The largest absolute Gasteiger partial charge is 0.481 e. The number of nitrogens with one attached hydrogen (secondary N) is 2. The lowest BCUT2D eigenvalue weighted by Gasteiger charge is -2.13. The molecule has 2 unspecified atom stereocenters. The van der Waals surface area contributed by atoms with Crippen LogP contribution in [-0.4, -0.2) is 43.4 Å². The lowest BCUT2D eigenvalue weighted by molar-refractivity contribution is -0.137. The Labute approximate surface area is 101 Å². The number of carbonyl (C=O) groups is 2. The molecule has 6 nitrogen and oxygen atoms in total. The number of amides is 2. The molecular weight excluding hydrogens is 224 g/mol. The van der Waals surface area contributed by atoms with Crippen molar-refractivity contribution in [3.8, 4) is 0 Å². The van der Waals surface area contributed by atoms with E-state index in [2.05, 4.69) is 10.6 Å². The molecule has 2 amide bonds. The Morgan fingerprint density at radius 3 is 2.82 bits per heavy atom. The number of ether oxygens (including phenoxy) is 1. The Kier molecular flexibility index (Phi) is 5.76. The summed E-state index contributed by atoms with van der Waals surface area (Å²) in [7, 11) is 0. The summed E-state index contributed by atoms with van der Waals surface area (Å²) in [6, 6.07) is -0.242. The van der Waals surface area contributed by atoms with Crippen molar-refractivity contribution in [2.75, 3.05) is 26.3 Å². The minimum absolute atomic E-state index is 0.0620. The van der Waals surface area contributed by atoms with Gasteiger partial charge in [-0.25, -0.2) is 4.79 Å². The smallest absolute Gasteiger partial charge is 0.314 e. The number of rotatable bonds is 6. The lowest BCUT2D eigenvalue weighted by atomic mass is 10.1. The highest BCUT2D eigenvalue weighted by atomic mass is 16.5. The third-order valence-electron chi connectivity index (χ3n) is 2.71. The van der Waals surface area contributed by atoms with Crippen LogP contribution >= 0.6 is 0 Å². The van der Waals surface area contributed by atoms with Gasteiger partial charge < -0.3 is 20.5 Å². The Morgan fingerprint density at radius 2 is 2.24 bits per heavy atom. The molecule has 17 heavy (non-hydrogen) atoms. The van der Waals surface area contributed by atoms with E-state index in [0.29, 0.717) is 25.6 Å². The van der Waals surface area contributed by atoms with Crippen molar-refractivity contribution in [3.05, 3.63) is 0 Å². The Bertz CT molecular complexity index is 264. The molecule has 6 heteroatoms. The van der Waals surface area contributed by atoms with Crippen molar-refractivity contribution in [1.82, 2.24) is 10.6 Å². The van der Waals surface area contributed by atoms with E-state index < -0.39 is 5.97 Å². The number of hydrogen-bond acceptors (Lipinski definition) is 3. The quantitative estimate of drug-likeness (QED) is 0.632. The molecule has 0 bridgehead atoms. The van der Waals surface area contributed by atoms with Gasteiger partial charge in [-0.15, -0.1) is 0 Å². The number of aliphatic carboxylic acids is 1. The number of carbonyl (C=O) groups excluding carboxylic acids is 1. The van der Waals surface area contributed by atoms with Crippen LogP contribution in [0.15, 0.2) is 0 Å². The van der Waals surface area contributed by atoms with E-state index in [1.54, 1.807) is 6.92 Å². The highest BCUT2D eigenvalue weighted by Crippen LogP contribution is 2.10. The molecule has 0 spiro atoms. The van der Waals surface area contributed by atoms with Crippen molar-refractivity contribution < 1.29 is 19.4 Å². The van der Waals surface area contributed by atoms with Crippen molar-refractivity contribution >= 4 is 12.0 Å². The molecule has 1 aliphatic rings. The zero-order valence-electron chi connectivity index (χ0n) is 10.1. The van der Waals surface area contributed by atoms with Gasteiger partial charge in [0.05, 0.1) is 6.61 Å². The van der Waals surface area contributed by atoms with Crippen LogP contribution in [0.5, 0.6) is 0 Å². The molecular formula is C11H20N2O4. The van der Waals surface area contributed by atoms with Gasteiger partial charge in [0.1, 0.15) is 0 Å². The maximum Gasteiger partial charge on any atom is 0.314 e. The van der Waals surface area contributed by atoms with Gasteiger partial charge in [-0.3, -0.25) is 4.79 Å². The highest BCUT2D eigenvalue weighted by molar-refractivity contribution is 5.74. The number of urea groups is 1. The monoisotopic (exact) mass is 244 g/mol. The van der Waals surface area contributed by atoms with Gasteiger partial charge in [0.25, 0.3) is 0 Å². The Hall–Kier alpha value is -1.30. The van der Waals surface area contributed by atoms with E-state index in [4.69, 9.17) is 9.84 Å². The van der Waals surface area contributed by atoms with Gasteiger partial charge in [-0.1, -0.05) is 6.92 Å². The van der Waals surface area contributed by atoms with Crippen molar-refractivity contribution in [1.29, 1.82) is 0 Å². The van der Waals surface area contributed by atoms with Crippen LogP contribution in [0.3, 0.4) is 0 Å². The third-order valence-corrected chi connectivity index (χ3v) is 2.71. The van der Waals surface area contributed by atoms with Crippen LogP contribution in [0.1, 0.15) is 19.8 Å². The van der Waals surface area contributed by atoms with Crippen LogP contribution < -0.4 is 10.6 Å². The molecule has 0 aromatic carbocycles. The average molecular weight is 244 g/mol. The molecule has 0 aromatic heterocycles.